The fourth-order valence-corrected chi connectivity index (χ4v) is 5.28. The third kappa shape index (κ3) is 6.35. The van der Waals surface area contributed by atoms with Crippen molar-refractivity contribution >= 4 is 10.0 Å². The van der Waals surface area contributed by atoms with Gasteiger partial charge in [0, 0.05) is 39.3 Å². The first-order valence-electron chi connectivity index (χ1n) is 10.1. The monoisotopic (exact) mass is 417 g/mol. The highest BCUT2D eigenvalue weighted by Gasteiger charge is 2.27. The lowest BCUT2D eigenvalue weighted by atomic mass is 10.2. The largest absolute Gasteiger partial charge is 0.390 e. The highest BCUT2D eigenvalue weighted by Crippen LogP contribution is 2.17. The summed E-state index contributed by atoms with van der Waals surface area (Å²) in [6, 6.07) is 18.8. The number of β-amino-alcohol motifs (C(OH)–C–C–N with tert-alkyl or cyclic N) is 1. The Hall–Kier alpha value is -1.77. The summed E-state index contributed by atoms with van der Waals surface area (Å²) in [7, 11) is -1.45. The Morgan fingerprint density at radius 2 is 1.62 bits per heavy atom. The first-order chi connectivity index (χ1) is 13.9. The van der Waals surface area contributed by atoms with Crippen LogP contribution in [0.15, 0.2) is 65.6 Å². The van der Waals surface area contributed by atoms with E-state index < -0.39 is 16.1 Å². The summed E-state index contributed by atoms with van der Waals surface area (Å²) in [6.45, 7) is 4.31. The van der Waals surface area contributed by atoms with Crippen LogP contribution in [0, 0.1) is 0 Å². The molecule has 0 spiro atoms. The van der Waals surface area contributed by atoms with E-state index in [2.05, 4.69) is 21.9 Å². The summed E-state index contributed by atoms with van der Waals surface area (Å²) in [6.07, 6.45) is 0.291. The molecule has 29 heavy (non-hydrogen) atoms. The molecule has 0 amide bonds. The molecule has 0 saturated carbocycles. The summed E-state index contributed by atoms with van der Waals surface area (Å²) in [4.78, 5) is 4.63. The summed E-state index contributed by atoms with van der Waals surface area (Å²) in [5.74, 6) is 0. The molecule has 0 bridgehead atoms. The number of hydrogen-bond donors (Lipinski definition) is 1. The minimum Gasteiger partial charge on any atom is -0.390 e. The Bertz CT molecular complexity index is 846. The van der Waals surface area contributed by atoms with Gasteiger partial charge in [0.2, 0.25) is 10.0 Å². The van der Waals surface area contributed by atoms with Crippen LogP contribution in [-0.4, -0.2) is 80.0 Å². The lowest BCUT2D eigenvalue weighted by Crippen LogP contribution is -2.41. The second kappa shape index (κ2) is 10.3. The first-order valence-corrected chi connectivity index (χ1v) is 11.6. The Kier molecular flexibility index (Phi) is 7.80. The average Bonchev–Trinajstić information content (AvgIpc) is 2.95. The number of likely N-dealkylation sites (N-methyl/N-ethyl adjacent to an activating group) is 1. The van der Waals surface area contributed by atoms with Gasteiger partial charge in [-0.15, -0.1) is 0 Å². The van der Waals surface area contributed by atoms with Crippen molar-refractivity contribution in [1.82, 2.24) is 14.1 Å². The Balaban J connectivity index is 1.49. The summed E-state index contributed by atoms with van der Waals surface area (Å²) >= 11 is 0. The molecule has 1 saturated heterocycles. The van der Waals surface area contributed by atoms with Gasteiger partial charge >= 0.3 is 0 Å². The number of aliphatic hydroxyl groups excluding tert-OH is 1. The molecule has 1 unspecified atom stereocenters. The third-order valence-electron chi connectivity index (χ3n) is 5.22. The van der Waals surface area contributed by atoms with E-state index in [1.807, 2.05) is 31.3 Å². The van der Waals surface area contributed by atoms with E-state index in [0.717, 1.165) is 19.5 Å². The predicted molar refractivity (Wildman–Crippen MR) is 115 cm³/mol. The number of nitrogens with zero attached hydrogens (tertiary/aromatic N) is 3. The van der Waals surface area contributed by atoms with Crippen LogP contribution in [0.1, 0.15) is 12.0 Å². The molecule has 0 radical (unpaired) electrons. The van der Waals surface area contributed by atoms with Gasteiger partial charge in [0.1, 0.15) is 0 Å². The number of sulfonamides is 1. The maximum absolute atomic E-state index is 12.8. The van der Waals surface area contributed by atoms with Gasteiger partial charge < -0.3 is 5.11 Å². The quantitative estimate of drug-likeness (QED) is 0.711. The molecular formula is C22H31N3O3S. The van der Waals surface area contributed by atoms with E-state index >= 15 is 0 Å². The highest BCUT2D eigenvalue weighted by molar-refractivity contribution is 7.89. The SMILES string of the molecule is CN(Cc1ccccc1)CC(O)CN1CCCN(S(=O)(=O)c2ccccc2)CC1. The van der Waals surface area contributed by atoms with Crippen molar-refractivity contribution in [3.05, 3.63) is 66.2 Å². The van der Waals surface area contributed by atoms with Gasteiger partial charge in [0.25, 0.3) is 0 Å². The Morgan fingerprint density at radius 1 is 0.966 bits per heavy atom. The van der Waals surface area contributed by atoms with Crippen LogP contribution >= 0.6 is 0 Å². The first kappa shape index (κ1) is 21.9. The molecule has 2 aromatic rings. The fraction of sp³-hybridized carbons (Fsp3) is 0.455. The third-order valence-corrected chi connectivity index (χ3v) is 7.13. The van der Waals surface area contributed by atoms with Crippen LogP contribution in [-0.2, 0) is 16.6 Å². The molecule has 1 aliphatic heterocycles. The maximum Gasteiger partial charge on any atom is 0.243 e. The fourth-order valence-electron chi connectivity index (χ4n) is 3.79. The predicted octanol–water partition coefficient (Wildman–Crippen LogP) is 1.88. The Morgan fingerprint density at radius 3 is 2.31 bits per heavy atom. The van der Waals surface area contributed by atoms with E-state index in [0.29, 0.717) is 37.6 Å². The molecule has 0 aliphatic carbocycles. The van der Waals surface area contributed by atoms with Crippen LogP contribution in [0.25, 0.3) is 0 Å². The number of rotatable bonds is 8. The van der Waals surface area contributed by atoms with Gasteiger partial charge in [-0.25, -0.2) is 8.42 Å². The van der Waals surface area contributed by atoms with Gasteiger partial charge in [0.15, 0.2) is 0 Å². The number of aliphatic hydroxyl groups is 1. The molecule has 7 heteroatoms. The lowest BCUT2D eigenvalue weighted by Gasteiger charge is -2.26. The smallest absolute Gasteiger partial charge is 0.243 e. The molecule has 1 N–H and O–H groups in total. The number of hydrogen-bond acceptors (Lipinski definition) is 5. The van der Waals surface area contributed by atoms with E-state index in [-0.39, 0.29) is 0 Å². The highest BCUT2D eigenvalue weighted by atomic mass is 32.2. The molecule has 1 heterocycles. The normalized spacial score (nSPS) is 17.9. The molecule has 158 valence electrons. The van der Waals surface area contributed by atoms with Gasteiger partial charge in [-0.1, -0.05) is 48.5 Å². The van der Waals surface area contributed by atoms with E-state index in [1.54, 1.807) is 28.6 Å². The summed E-state index contributed by atoms with van der Waals surface area (Å²) in [5.41, 5.74) is 1.22. The molecular weight excluding hydrogens is 386 g/mol. The van der Waals surface area contributed by atoms with Crippen molar-refractivity contribution in [2.24, 2.45) is 0 Å². The second-order valence-electron chi connectivity index (χ2n) is 7.71. The number of benzene rings is 2. The van der Waals surface area contributed by atoms with Crippen LogP contribution in [0.3, 0.4) is 0 Å². The van der Waals surface area contributed by atoms with Crippen LogP contribution in [0.4, 0.5) is 0 Å². The van der Waals surface area contributed by atoms with Gasteiger partial charge in [0.05, 0.1) is 11.0 Å². The average molecular weight is 418 g/mol. The van der Waals surface area contributed by atoms with Gasteiger partial charge in [-0.2, -0.15) is 4.31 Å². The standard InChI is InChI=1S/C22H31N3O3S/c1-23(17-20-9-4-2-5-10-20)18-21(26)19-24-13-8-14-25(16-15-24)29(27,28)22-11-6-3-7-12-22/h2-7,9-12,21,26H,8,13-19H2,1H3. The van der Waals surface area contributed by atoms with Crippen molar-refractivity contribution in [2.75, 3.05) is 46.3 Å². The molecule has 3 rings (SSSR count). The molecule has 2 aromatic carbocycles. The summed E-state index contributed by atoms with van der Waals surface area (Å²) < 4.78 is 27.2. The molecule has 1 atom stereocenters. The zero-order valence-electron chi connectivity index (χ0n) is 17.0. The Labute approximate surface area is 174 Å². The van der Waals surface area contributed by atoms with Crippen molar-refractivity contribution in [1.29, 1.82) is 0 Å². The van der Waals surface area contributed by atoms with Gasteiger partial charge in [-0.05, 0) is 37.7 Å². The van der Waals surface area contributed by atoms with E-state index in [1.165, 1.54) is 5.56 Å². The van der Waals surface area contributed by atoms with Crippen LogP contribution in [0.5, 0.6) is 0 Å². The molecule has 0 aromatic heterocycles. The zero-order valence-corrected chi connectivity index (χ0v) is 17.8. The topological polar surface area (TPSA) is 64.1 Å². The van der Waals surface area contributed by atoms with E-state index in [4.69, 9.17) is 0 Å². The van der Waals surface area contributed by atoms with E-state index in [9.17, 15) is 13.5 Å². The van der Waals surface area contributed by atoms with Gasteiger partial charge in [-0.3, -0.25) is 9.80 Å². The van der Waals surface area contributed by atoms with Crippen molar-refractivity contribution in [3.8, 4) is 0 Å². The zero-order chi connectivity index (χ0) is 20.7. The van der Waals surface area contributed by atoms with Crippen molar-refractivity contribution < 1.29 is 13.5 Å². The molecule has 6 nitrogen and oxygen atoms in total. The van der Waals surface area contributed by atoms with Crippen molar-refractivity contribution in [3.63, 3.8) is 0 Å². The maximum atomic E-state index is 12.8. The summed E-state index contributed by atoms with van der Waals surface area (Å²) in [5, 5.41) is 10.5. The molecule has 1 aliphatic rings. The van der Waals surface area contributed by atoms with Crippen molar-refractivity contribution in [2.45, 2.75) is 24.0 Å². The molecule has 1 fully saturated rings. The second-order valence-corrected chi connectivity index (χ2v) is 9.65. The minimum atomic E-state index is -3.45. The van der Waals surface area contributed by atoms with Crippen LogP contribution in [0.2, 0.25) is 0 Å². The van der Waals surface area contributed by atoms with Crippen LogP contribution < -0.4 is 0 Å². The lowest BCUT2D eigenvalue weighted by molar-refractivity contribution is 0.0818. The minimum absolute atomic E-state index is 0.344.